The second kappa shape index (κ2) is 10.6. The van der Waals surface area contributed by atoms with Crippen LogP contribution in [-0.4, -0.2) is 104 Å². The Balaban J connectivity index is 1.65. The lowest BCUT2D eigenvalue weighted by atomic mass is 10.1. The summed E-state index contributed by atoms with van der Waals surface area (Å²) in [5.74, 6) is -0.554. The van der Waals surface area contributed by atoms with Gasteiger partial charge < -0.3 is 29.7 Å². The highest BCUT2D eigenvalue weighted by molar-refractivity contribution is 6.35. The number of fused-ring (bicyclic) bond motifs is 2. The molecule has 1 aromatic carbocycles. The number of aromatic nitrogens is 1. The summed E-state index contributed by atoms with van der Waals surface area (Å²) >= 11 is 6.80. The zero-order chi connectivity index (χ0) is 26.3. The largest absolute Gasteiger partial charge is 0.507 e. The summed E-state index contributed by atoms with van der Waals surface area (Å²) in [6.45, 7) is 6.16. The van der Waals surface area contributed by atoms with Gasteiger partial charge in [-0.05, 0) is 32.5 Å². The lowest BCUT2D eigenvalue weighted by Crippen LogP contribution is -2.55. The predicted octanol–water partition coefficient (Wildman–Crippen LogP) is 2.60. The summed E-state index contributed by atoms with van der Waals surface area (Å²) in [6.07, 6.45) is 0.852. The van der Waals surface area contributed by atoms with Crippen LogP contribution in [0.5, 0.6) is 11.5 Å². The topological polar surface area (TPSA) is 90.4 Å². The SMILES string of the molecule is COCCN(C)[C@H]1C[C@H](C)N(c2nc(-c3c(O)cccc3F)c(Cl)c3c2C(=O)N2CCNCC2CO3)C1. The molecule has 2 saturated heterocycles. The number of piperazine rings is 1. The number of benzene rings is 1. The molecule has 4 heterocycles. The maximum absolute atomic E-state index is 15.0. The number of likely N-dealkylation sites (N-methyl/N-ethyl adjacent to an activating group) is 1. The van der Waals surface area contributed by atoms with Crippen molar-refractivity contribution in [1.29, 1.82) is 0 Å². The molecule has 2 aromatic rings. The number of pyridine rings is 1. The summed E-state index contributed by atoms with van der Waals surface area (Å²) in [4.78, 5) is 24.9. The van der Waals surface area contributed by atoms with Crippen LogP contribution in [0.4, 0.5) is 10.2 Å². The number of phenols is 1. The third-order valence-corrected chi connectivity index (χ3v) is 8.00. The Morgan fingerprint density at radius 3 is 2.92 bits per heavy atom. The first kappa shape index (κ1) is 26.0. The average Bonchev–Trinajstić information content (AvgIpc) is 3.20. The number of ether oxygens (including phenoxy) is 2. The maximum Gasteiger partial charge on any atom is 0.261 e. The summed E-state index contributed by atoms with van der Waals surface area (Å²) in [5.41, 5.74) is 0.234. The molecule has 37 heavy (non-hydrogen) atoms. The molecule has 1 unspecified atom stereocenters. The van der Waals surface area contributed by atoms with Crippen molar-refractivity contribution in [3.63, 3.8) is 0 Å². The first-order chi connectivity index (χ1) is 17.8. The van der Waals surface area contributed by atoms with Gasteiger partial charge in [0.25, 0.3) is 5.91 Å². The van der Waals surface area contributed by atoms with Crippen LogP contribution in [0.1, 0.15) is 23.7 Å². The number of nitrogens with zero attached hydrogens (tertiary/aromatic N) is 4. The highest BCUT2D eigenvalue weighted by atomic mass is 35.5. The second-order valence-corrected chi connectivity index (χ2v) is 10.3. The van der Waals surface area contributed by atoms with Gasteiger partial charge in [0.2, 0.25) is 0 Å². The van der Waals surface area contributed by atoms with Gasteiger partial charge >= 0.3 is 0 Å². The summed E-state index contributed by atoms with van der Waals surface area (Å²) in [7, 11) is 3.73. The molecule has 1 aromatic heterocycles. The van der Waals surface area contributed by atoms with Crippen LogP contribution in [0, 0.1) is 5.82 Å². The van der Waals surface area contributed by atoms with Crippen molar-refractivity contribution in [2.24, 2.45) is 0 Å². The number of rotatable bonds is 6. The van der Waals surface area contributed by atoms with Crippen LogP contribution in [0.25, 0.3) is 11.3 Å². The molecule has 3 aliphatic heterocycles. The summed E-state index contributed by atoms with van der Waals surface area (Å²) in [6, 6.07) is 4.14. The lowest BCUT2D eigenvalue weighted by Gasteiger charge is -2.34. The van der Waals surface area contributed by atoms with Crippen molar-refractivity contribution in [3.8, 4) is 22.8 Å². The molecule has 11 heteroatoms. The van der Waals surface area contributed by atoms with E-state index in [9.17, 15) is 9.90 Å². The molecule has 9 nitrogen and oxygen atoms in total. The van der Waals surface area contributed by atoms with E-state index in [1.54, 1.807) is 7.11 Å². The normalized spacial score (nSPS) is 23.6. The zero-order valence-corrected chi connectivity index (χ0v) is 22.1. The monoisotopic (exact) mass is 533 g/mol. The van der Waals surface area contributed by atoms with Crippen molar-refractivity contribution in [3.05, 3.63) is 34.6 Å². The van der Waals surface area contributed by atoms with Crippen LogP contribution in [-0.2, 0) is 4.74 Å². The molecular formula is C26H33ClFN5O4. The fourth-order valence-corrected chi connectivity index (χ4v) is 5.80. The van der Waals surface area contributed by atoms with Crippen LogP contribution in [0.2, 0.25) is 5.02 Å². The van der Waals surface area contributed by atoms with Gasteiger partial charge in [0.05, 0.1) is 18.2 Å². The van der Waals surface area contributed by atoms with Crippen LogP contribution < -0.4 is 15.0 Å². The minimum Gasteiger partial charge on any atom is -0.507 e. The summed E-state index contributed by atoms with van der Waals surface area (Å²) < 4.78 is 26.4. The third kappa shape index (κ3) is 4.71. The van der Waals surface area contributed by atoms with E-state index in [0.717, 1.165) is 13.0 Å². The second-order valence-electron chi connectivity index (χ2n) is 9.97. The first-order valence-corrected chi connectivity index (χ1v) is 13.0. The van der Waals surface area contributed by atoms with Crippen molar-refractivity contribution < 1.29 is 23.8 Å². The predicted molar refractivity (Wildman–Crippen MR) is 139 cm³/mol. The van der Waals surface area contributed by atoms with Crippen molar-refractivity contribution in [1.82, 2.24) is 20.1 Å². The number of anilines is 1. The molecule has 0 radical (unpaired) electrons. The van der Waals surface area contributed by atoms with Gasteiger partial charge in [-0.3, -0.25) is 9.69 Å². The van der Waals surface area contributed by atoms with Crippen LogP contribution in [0.15, 0.2) is 18.2 Å². The van der Waals surface area contributed by atoms with Gasteiger partial charge in [0.1, 0.15) is 40.3 Å². The van der Waals surface area contributed by atoms with Gasteiger partial charge in [0.15, 0.2) is 5.75 Å². The number of carbonyl (C=O) groups excluding carboxylic acids is 1. The minimum atomic E-state index is -0.659. The lowest BCUT2D eigenvalue weighted by molar-refractivity contribution is 0.0606. The van der Waals surface area contributed by atoms with Gasteiger partial charge in [-0.15, -0.1) is 0 Å². The number of hydrogen-bond acceptors (Lipinski definition) is 8. The molecule has 5 rings (SSSR count). The number of aromatic hydroxyl groups is 1. The van der Waals surface area contributed by atoms with E-state index < -0.39 is 5.82 Å². The van der Waals surface area contributed by atoms with Gasteiger partial charge in [-0.25, -0.2) is 9.37 Å². The van der Waals surface area contributed by atoms with E-state index in [0.29, 0.717) is 44.2 Å². The zero-order valence-electron chi connectivity index (χ0n) is 21.3. The van der Waals surface area contributed by atoms with Gasteiger partial charge in [-0.1, -0.05) is 17.7 Å². The Bertz CT molecular complexity index is 1160. The molecular weight excluding hydrogens is 501 g/mol. The number of methoxy groups -OCH3 is 1. The number of amides is 1. The van der Waals surface area contributed by atoms with Crippen molar-refractivity contribution >= 4 is 23.3 Å². The molecule has 2 fully saturated rings. The first-order valence-electron chi connectivity index (χ1n) is 12.6. The molecule has 3 aliphatic rings. The Kier molecular flexibility index (Phi) is 7.44. The van der Waals surface area contributed by atoms with E-state index in [1.165, 1.54) is 18.2 Å². The molecule has 0 saturated carbocycles. The number of phenolic OH excluding ortho intramolecular Hbond substituents is 1. The van der Waals surface area contributed by atoms with E-state index in [2.05, 4.69) is 29.1 Å². The van der Waals surface area contributed by atoms with Crippen LogP contribution >= 0.6 is 11.6 Å². The molecule has 2 N–H and O–H groups in total. The molecule has 0 bridgehead atoms. The van der Waals surface area contributed by atoms with Crippen molar-refractivity contribution in [2.45, 2.75) is 31.5 Å². The fraction of sp³-hybridized carbons (Fsp3) is 0.538. The fourth-order valence-electron chi connectivity index (χ4n) is 5.51. The van der Waals surface area contributed by atoms with E-state index >= 15 is 4.39 Å². The van der Waals surface area contributed by atoms with E-state index in [4.69, 9.17) is 26.1 Å². The quantitative estimate of drug-likeness (QED) is 0.586. The highest BCUT2D eigenvalue weighted by Gasteiger charge is 2.41. The number of nitrogens with one attached hydrogen (secondary N) is 1. The number of halogens is 2. The molecule has 200 valence electrons. The Morgan fingerprint density at radius 2 is 2.16 bits per heavy atom. The van der Waals surface area contributed by atoms with E-state index in [1.807, 2.05) is 4.90 Å². The van der Waals surface area contributed by atoms with Crippen LogP contribution in [0.3, 0.4) is 0 Å². The summed E-state index contributed by atoms with van der Waals surface area (Å²) in [5, 5.41) is 13.9. The minimum absolute atomic E-state index is 0.0147. The van der Waals surface area contributed by atoms with Gasteiger partial charge in [0, 0.05) is 51.9 Å². The van der Waals surface area contributed by atoms with Gasteiger partial charge in [-0.2, -0.15) is 0 Å². The van der Waals surface area contributed by atoms with Crippen molar-refractivity contribution in [2.75, 3.05) is 65.0 Å². The standard InChI is InChI=1S/C26H33ClFN5O4/c1-15-11-16(31(2)9-10-36-3)13-33(15)25-21-24(37-14-17-12-29-7-8-32(17)26(21)35)22(27)23(30-25)20-18(28)5-4-6-19(20)34/h4-6,15-17,29,34H,7-14H2,1-3H3/t15-,16-,17?/m0/s1. The average molecular weight is 534 g/mol. The Hall–Kier alpha value is -2.66. The molecule has 0 spiro atoms. The number of hydrogen-bond donors (Lipinski definition) is 2. The molecule has 3 atom stereocenters. The molecule has 1 amide bonds. The smallest absolute Gasteiger partial charge is 0.261 e. The third-order valence-electron chi connectivity index (χ3n) is 7.65. The molecule has 0 aliphatic carbocycles. The Morgan fingerprint density at radius 1 is 1.35 bits per heavy atom. The number of carbonyl (C=O) groups is 1. The van der Waals surface area contributed by atoms with E-state index in [-0.39, 0.29) is 58.4 Å². The highest BCUT2D eigenvalue weighted by Crippen LogP contribution is 2.46. The maximum atomic E-state index is 15.0. The Labute approximate surface area is 221 Å².